The van der Waals surface area contributed by atoms with Crippen LogP contribution in [-0.2, 0) is 0 Å². The van der Waals surface area contributed by atoms with Gasteiger partial charge in [0.25, 0.3) is 0 Å². The van der Waals surface area contributed by atoms with E-state index in [0.29, 0.717) is 23.0 Å². The summed E-state index contributed by atoms with van der Waals surface area (Å²) in [6.45, 7) is 6.06. The fourth-order valence-electron chi connectivity index (χ4n) is 4.02. The van der Waals surface area contributed by atoms with Gasteiger partial charge in [-0.3, -0.25) is 10.3 Å². The van der Waals surface area contributed by atoms with Gasteiger partial charge in [-0.25, -0.2) is 14.5 Å². The van der Waals surface area contributed by atoms with Gasteiger partial charge in [-0.2, -0.15) is 5.10 Å². The minimum absolute atomic E-state index is 0.196. The first-order valence-corrected chi connectivity index (χ1v) is 12.3. The second-order valence-electron chi connectivity index (χ2n) is 9.19. The molecule has 0 bridgehead atoms. The van der Waals surface area contributed by atoms with Crippen molar-refractivity contribution >= 4 is 34.3 Å². The lowest BCUT2D eigenvalue weighted by Gasteiger charge is -2.13. The number of benzene rings is 2. The van der Waals surface area contributed by atoms with Gasteiger partial charge in [0.05, 0.1) is 16.9 Å². The molecule has 0 aliphatic rings. The number of hydrogen-bond donors (Lipinski definition) is 3. The zero-order valence-electron chi connectivity index (χ0n) is 21.7. The van der Waals surface area contributed by atoms with Gasteiger partial charge in [0, 0.05) is 42.6 Å². The minimum Gasteiger partial charge on any atom is -0.457 e. The van der Waals surface area contributed by atoms with E-state index < -0.39 is 0 Å². The summed E-state index contributed by atoms with van der Waals surface area (Å²) in [6, 6.07) is 20.4. The molecule has 9 heteroatoms. The number of pyridine rings is 2. The molecular formula is C29H29N7O2. The van der Waals surface area contributed by atoms with Crippen LogP contribution < -0.4 is 20.7 Å². The summed E-state index contributed by atoms with van der Waals surface area (Å²) in [7, 11) is 1.80. The SMILES string of the molecule is CNc1cc(Oc2ccc(NC(=O)Nc3cc(C(C)C)nn3-c3ccc4ncccc4c3)cc2C)ccn1. The Bertz CT molecular complexity index is 1610. The van der Waals surface area contributed by atoms with Crippen molar-refractivity contribution in [2.45, 2.75) is 26.7 Å². The molecule has 2 amide bonds. The molecule has 0 fully saturated rings. The monoisotopic (exact) mass is 507 g/mol. The number of ether oxygens (including phenoxy) is 1. The smallest absolute Gasteiger partial charge is 0.324 e. The third-order valence-corrected chi connectivity index (χ3v) is 6.04. The Kier molecular flexibility index (Phi) is 6.90. The van der Waals surface area contributed by atoms with Crippen LogP contribution in [0.15, 0.2) is 79.1 Å². The Labute approximate surface area is 220 Å². The Morgan fingerprint density at radius 3 is 2.61 bits per heavy atom. The highest BCUT2D eigenvalue weighted by atomic mass is 16.5. The Morgan fingerprint density at radius 2 is 1.82 bits per heavy atom. The molecule has 5 rings (SSSR count). The Morgan fingerprint density at radius 1 is 0.947 bits per heavy atom. The molecule has 0 radical (unpaired) electrons. The van der Waals surface area contributed by atoms with E-state index in [4.69, 9.17) is 9.84 Å². The summed E-state index contributed by atoms with van der Waals surface area (Å²) in [6.07, 6.45) is 3.45. The minimum atomic E-state index is -0.371. The van der Waals surface area contributed by atoms with Crippen molar-refractivity contribution in [3.05, 3.63) is 90.4 Å². The molecule has 0 saturated carbocycles. The first-order valence-electron chi connectivity index (χ1n) is 12.3. The van der Waals surface area contributed by atoms with Crippen LogP contribution in [0.5, 0.6) is 11.5 Å². The highest BCUT2D eigenvalue weighted by molar-refractivity contribution is 5.99. The number of aryl methyl sites for hydroxylation is 1. The van der Waals surface area contributed by atoms with Crippen LogP contribution in [0.1, 0.15) is 31.0 Å². The van der Waals surface area contributed by atoms with E-state index in [1.54, 1.807) is 36.3 Å². The fourth-order valence-corrected chi connectivity index (χ4v) is 4.02. The molecule has 0 saturated heterocycles. The highest BCUT2D eigenvalue weighted by Gasteiger charge is 2.15. The Hall–Kier alpha value is -4.92. The van der Waals surface area contributed by atoms with E-state index in [1.165, 1.54) is 0 Å². The lowest BCUT2D eigenvalue weighted by atomic mass is 10.1. The maximum absolute atomic E-state index is 13.0. The summed E-state index contributed by atoms with van der Waals surface area (Å²) in [5, 5.41) is 14.6. The molecule has 3 aromatic heterocycles. The van der Waals surface area contributed by atoms with E-state index in [9.17, 15) is 4.79 Å². The van der Waals surface area contributed by atoms with Crippen LogP contribution in [-0.4, -0.2) is 32.8 Å². The van der Waals surface area contributed by atoms with Gasteiger partial charge in [-0.15, -0.1) is 0 Å². The van der Waals surface area contributed by atoms with Crippen molar-refractivity contribution in [3.8, 4) is 17.2 Å². The average Bonchev–Trinajstić information content (AvgIpc) is 3.34. The van der Waals surface area contributed by atoms with Gasteiger partial charge >= 0.3 is 6.03 Å². The third kappa shape index (κ3) is 5.41. The van der Waals surface area contributed by atoms with Gasteiger partial charge in [-0.1, -0.05) is 19.9 Å². The van der Waals surface area contributed by atoms with Crippen LogP contribution >= 0.6 is 0 Å². The number of aromatic nitrogens is 4. The summed E-state index contributed by atoms with van der Waals surface area (Å²) >= 11 is 0. The normalized spacial score (nSPS) is 11.0. The zero-order chi connectivity index (χ0) is 26.6. The van der Waals surface area contributed by atoms with E-state index in [0.717, 1.165) is 33.7 Å². The van der Waals surface area contributed by atoms with Gasteiger partial charge < -0.3 is 15.4 Å². The molecular weight excluding hydrogens is 478 g/mol. The summed E-state index contributed by atoms with van der Waals surface area (Å²) in [5.41, 5.74) is 4.13. The molecule has 0 atom stereocenters. The lowest BCUT2D eigenvalue weighted by molar-refractivity contribution is 0.262. The standard InChI is InChI=1S/C29H29N7O2/c1-18(2)25-17-28(36(35-25)22-8-9-24-20(15-22)6-5-12-31-24)34-29(37)33-21-7-10-26(19(3)14-21)38-23-11-13-32-27(16-23)30-4/h5-18H,1-4H3,(H,30,32)(H2,33,34,37). The van der Waals surface area contributed by atoms with Crippen LogP contribution in [0.3, 0.4) is 0 Å². The molecule has 9 nitrogen and oxygen atoms in total. The molecule has 2 aromatic carbocycles. The zero-order valence-corrected chi connectivity index (χ0v) is 21.7. The average molecular weight is 508 g/mol. The third-order valence-electron chi connectivity index (χ3n) is 6.04. The maximum Gasteiger partial charge on any atom is 0.324 e. The molecule has 5 aromatic rings. The second kappa shape index (κ2) is 10.6. The number of nitrogens with zero attached hydrogens (tertiary/aromatic N) is 4. The molecule has 3 N–H and O–H groups in total. The maximum atomic E-state index is 13.0. The van der Waals surface area contributed by atoms with Crippen molar-refractivity contribution < 1.29 is 9.53 Å². The molecule has 0 aliphatic carbocycles. The van der Waals surface area contributed by atoms with E-state index in [1.807, 2.05) is 61.5 Å². The number of urea groups is 1. The molecule has 192 valence electrons. The van der Waals surface area contributed by atoms with E-state index >= 15 is 0 Å². The number of carbonyl (C=O) groups is 1. The van der Waals surface area contributed by atoms with Crippen LogP contribution in [0.4, 0.5) is 22.1 Å². The quantitative estimate of drug-likeness (QED) is 0.226. The fraction of sp³-hybridized carbons (Fsp3) is 0.172. The predicted octanol–water partition coefficient (Wildman–Crippen LogP) is 6.73. The van der Waals surface area contributed by atoms with Crippen molar-refractivity contribution in [3.63, 3.8) is 0 Å². The number of fused-ring (bicyclic) bond motifs is 1. The summed E-state index contributed by atoms with van der Waals surface area (Å²) in [4.78, 5) is 21.6. The summed E-state index contributed by atoms with van der Waals surface area (Å²) < 4.78 is 7.75. The van der Waals surface area contributed by atoms with Crippen molar-refractivity contribution in [1.29, 1.82) is 0 Å². The molecule has 38 heavy (non-hydrogen) atoms. The molecule has 0 aliphatic heterocycles. The van der Waals surface area contributed by atoms with E-state index in [-0.39, 0.29) is 11.9 Å². The van der Waals surface area contributed by atoms with Gasteiger partial charge in [-0.05, 0) is 66.9 Å². The van der Waals surface area contributed by atoms with Crippen molar-refractivity contribution in [2.75, 3.05) is 23.0 Å². The predicted molar refractivity (Wildman–Crippen MR) is 151 cm³/mol. The number of amides is 2. The van der Waals surface area contributed by atoms with Crippen LogP contribution in [0, 0.1) is 6.92 Å². The van der Waals surface area contributed by atoms with Crippen molar-refractivity contribution in [1.82, 2.24) is 19.7 Å². The number of anilines is 3. The lowest BCUT2D eigenvalue weighted by Crippen LogP contribution is -2.21. The van der Waals surface area contributed by atoms with Gasteiger partial charge in [0.1, 0.15) is 23.1 Å². The molecule has 0 unspecified atom stereocenters. The highest BCUT2D eigenvalue weighted by Crippen LogP contribution is 2.29. The van der Waals surface area contributed by atoms with Crippen LogP contribution in [0.25, 0.3) is 16.6 Å². The number of nitrogens with one attached hydrogen (secondary N) is 3. The number of hydrogen-bond acceptors (Lipinski definition) is 6. The number of rotatable bonds is 7. The largest absolute Gasteiger partial charge is 0.457 e. The first kappa shape index (κ1) is 24.8. The van der Waals surface area contributed by atoms with Gasteiger partial charge in [0.2, 0.25) is 0 Å². The van der Waals surface area contributed by atoms with Crippen molar-refractivity contribution in [2.24, 2.45) is 0 Å². The van der Waals surface area contributed by atoms with Crippen LogP contribution in [0.2, 0.25) is 0 Å². The topological polar surface area (TPSA) is 106 Å². The summed E-state index contributed by atoms with van der Waals surface area (Å²) in [5.74, 6) is 2.85. The van der Waals surface area contributed by atoms with E-state index in [2.05, 4.69) is 39.8 Å². The molecule has 0 spiro atoms. The second-order valence-corrected chi connectivity index (χ2v) is 9.19. The number of carbonyl (C=O) groups excluding carboxylic acids is 1. The molecule has 3 heterocycles. The first-order chi connectivity index (χ1) is 18.4. The Balaban J connectivity index is 1.34. The van der Waals surface area contributed by atoms with Gasteiger partial charge in [0.15, 0.2) is 0 Å².